The Bertz CT molecular complexity index is 1240. The molecule has 0 N–H and O–H groups in total. The molecular weight excluding hydrogens is 346 g/mol. The van der Waals surface area contributed by atoms with Crippen LogP contribution >= 0.6 is 0 Å². The number of hydrogen-bond donors (Lipinski definition) is 0. The number of aromatic nitrogens is 1. The summed E-state index contributed by atoms with van der Waals surface area (Å²) in [7, 11) is -1.55. The molecule has 0 bridgehead atoms. The van der Waals surface area contributed by atoms with Crippen LogP contribution in [0.2, 0.25) is 19.6 Å². The standard InChI is InChI=1S/C24H25NOSi/c1-14-13-25-21-15-9-7-8-10-16(15)24(2,3)17-11-12-18(27(4,5)6)23-19(17)20(21)22(14)26-23/h7-13H,1-6H3. The van der Waals surface area contributed by atoms with Crippen LogP contribution in [0.25, 0.3) is 33.2 Å². The molecule has 4 aromatic rings. The lowest BCUT2D eigenvalue weighted by Crippen LogP contribution is -2.38. The highest BCUT2D eigenvalue weighted by Gasteiger charge is 2.36. The van der Waals surface area contributed by atoms with E-state index in [9.17, 15) is 0 Å². The molecule has 0 saturated heterocycles. The summed E-state index contributed by atoms with van der Waals surface area (Å²) in [4.78, 5) is 4.90. The topological polar surface area (TPSA) is 26.0 Å². The Morgan fingerprint density at radius 2 is 1.63 bits per heavy atom. The summed E-state index contributed by atoms with van der Waals surface area (Å²) in [5, 5.41) is 3.86. The van der Waals surface area contributed by atoms with Gasteiger partial charge >= 0.3 is 0 Å². The fraction of sp³-hybridized carbons (Fsp3) is 0.292. The van der Waals surface area contributed by atoms with Crippen molar-refractivity contribution in [3.8, 4) is 11.3 Å². The zero-order valence-electron chi connectivity index (χ0n) is 16.9. The van der Waals surface area contributed by atoms with Crippen LogP contribution in [0.15, 0.2) is 47.0 Å². The molecule has 27 heavy (non-hydrogen) atoms. The number of hydrogen-bond acceptors (Lipinski definition) is 2. The molecule has 2 nitrogen and oxygen atoms in total. The molecule has 5 rings (SSSR count). The number of furan rings is 1. The fourth-order valence-electron chi connectivity index (χ4n) is 4.69. The second-order valence-electron chi connectivity index (χ2n) is 9.38. The van der Waals surface area contributed by atoms with Crippen molar-refractivity contribution in [2.45, 2.75) is 45.8 Å². The molecule has 0 amide bonds. The first kappa shape index (κ1) is 16.8. The van der Waals surface area contributed by atoms with Gasteiger partial charge in [0.25, 0.3) is 0 Å². The van der Waals surface area contributed by atoms with E-state index in [0.717, 1.165) is 22.4 Å². The smallest absolute Gasteiger partial charge is 0.142 e. The first-order valence-electron chi connectivity index (χ1n) is 9.67. The molecule has 1 aliphatic rings. The average Bonchev–Trinajstić information content (AvgIpc) is 2.98. The number of fused-ring (bicyclic) bond motifs is 2. The van der Waals surface area contributed by atoms with Crippen molar-refractivity contribution in [2.75, 3.05) is 0 Å². The molecule has 0 saturated carbocycles. The summed E-state index contributed by atoms with van der Waals surface area (Å²) in [6.45, 7) is 13.9. The quantitative estimate of drug-likeness (QED) is 0.376. The van der Waals surface area contributed by atoms with E-state index in [2.05, 4.69) is 76.8 Å². The summed E-state index contributed by atoms with van der Waals surface area (Å²) in [6, 6.07) is 13.4. The van der Waals surface area contributed by atoms with E-state index in [1.54, 1.807) is 0 Å². The lowest BCUT2D eigenvalue weighted by Gasteiger charge is -2.28. The van der Waals surface area contributed by atoms with Crippen molar-refractivity contribution < 1.29 is 4.42 Å². The summed E-state index contributed by atoms with van der Waals surface area (Å²) in [5.41, 5.74) is 8.03. The van der Waals surface area contributed by atoms with Gasteiger partial charge in [-0.15, -0.1) is 0 Å². The van der Waals surface area contributed by atoms with Gasteiger partial charge in [-0.25, -0.2) is 0 Å². The van der Waals surface area contributed by atoms with E-state index in [0.29, 0.717) is 0 Å². The van der Waals surface area contributed by atoms with Crippen molar-refractivity contribution in [1.29, 1.82) is 0 Å². The molecule has 2 heterocycles. The molecule has 136 valence electrons. The minimum absolute atomic E-state index is 0.113. The van der Waals surface area contributed by atoms with Crippen LogP contribution in [0, 0.1) is 6.92 Å². The van der Waals surface area contributed by atoms with E-state index < -0.39 is 8.07 Å². The Morgan fingerprint density at radius 1 is 0.889 bits per heavy atom. The maximum atomic E-state index is 6.60. The van der Waals surface area contributed by atoms with Crippen LogP contribution in [0.1, 0.15) is 30.5 Å². The highest BCUT2D eigenvalue weighted by atomic mass is 28.3. The number of aryl methyl sites for hydroxylation is 1. The van der Waals surface area contributed by atoms with Crippen molar-refractivity contribution in [3.63, 3.8) is 0 Å². The number of benzene rings is 2. The van der Waals surface area contributed by atoms with E-state index >= 15 is 0 Å². The third-order valence-electron chi connectivity index (χ3n) is 6.16. The van der Waals surface area contributed by atoms with Gasteiger partial charge in [-0.3, -0.25) is 4.98 Å². The lowest BCUT2D eigenvalue weighted by atomic mass is 9.76. The summed E-state index contributed by atoms with van der Waals surface area (Å²) >= 11 is 0. The van der Waals surface area contributed by atoms with E-state index in [-0.39, 0.29) is 5.41 Å². The molecular formula is C24H25NOSi. The first-order valence-corrected chi connectivity index (χ1v) is 13.2. The maximum Gasteiger partial charge on any atom is 0.142 e. The van der Waals surface area contributed by atoms with Crippen molar-refractivity contribution >= 4 is 35.2 Å². The van der Waals surface area contributed by atoms with Crippen LogP contribution < -0.4 is 5.19 Å². The van der Waals surface area contributed by atoms with Crippen molar-refractivity contribution in [1.82, 2.24) is 4.98 Å². The Balaban J connectivity index is 2.11. The molecule has 0 atom stereocenters. The third kappa shape index (κ3) is 2.09. The Hall–Kier alpha value is -2.39. The molecule has 0 fully saturated rings. The van der Waals surface area contributed by atoms with Crippen molar-refractivity contribution in [2.24, 2.45) is 0 Å². The van der Waals surface area contributed by atoms with Gasteiger partial charge < -0.3 is 4.42 Å². The van der Waals surface area contributed by atoms with Crippen LogP contribution in [0.4, 0.5) is 0 Å². The SMILES string of the molecule is Cc1cnc2c3c1oc1c([Si](C)(C)C)ccc(c13)C(C)(C)c1ccccc1-2. The summed E-state index contributed by atoms with van der Waals surface area (Å²) in [6.07, 6.45) is 1.96. The van der Waals surface area contributed by atoms with E-state index in [1.165, 1.54) is 32.6 Å². The minimum atomic E-state index is -1.55. The fourth-order valence-corrected chi connectivity index (χ4v) is 6.13. The van der Waals surface area contributed by atoms with E-state index in [1.807, 2.05) is 6.20 Å². The van der Waals surface area contributed by atoms with Crippen molar-refractivity contribution in [3.05, 3.63) is 59.3 Å². The summed E-state index contributed by atoms with van der Waals surface area (Å²) < 4.78 is 6.60. The van der Waals surface area contributed by atoms with Crippen LogP contribution in [0.3, 0.4) is 0 Å². The van der Waals surface area contributed by atoms with Gasteiger partial charge in [-0.2, -0.15) is 0 Å². The highest BCUT2D eigenvalue weighted by molar-refractivity contribution is 6.90. The number of nitrogens with zero attached hydrogens (tertiary/aromatic N) is 1. The summed E-state index contributed by atoms with van der Waals surface area (Å²) in [5.74, 6) is 0. The molecule has 1 aliphatic carbocycles. The molecule has 2 aromatic carbocycles. The van der Waals surface area contributed by atoms with Crippen LogP contribution in [-0.4, -0.2) is 13.1 Å². The zero-order valence-corrected chi connectivity index (χ0v) is 17.9. The van der Waals surface area contributed by atoms with Gasteiger partial charge in [-0.05, 0) is 23.2 Å². The van der Waals surface area contributed by atoms with Gasteiger partial charge in [0.15, 0.2) is 0 Å². The molecule has 0 aliphatic heterocycles. The molecule has 0 spiro atoms. The predicted molar refractivity (Wildman–Crippen MR) is 117 cm³/mol. The Kier molecular flexibility index (Phi) is 3.17. The van der Waals surface area contributed by atoms with Gasteiger partial charge in [-0.1, -0.05) is 69.9 Å². The molecule has 3 heteroatoms. The molecule has 0 unspecified atom stereocenters. The van der Waals surface area contributed by atoms with Gasteiger partial charge in [0.05, 0.1) is 19.2 Å². The number of pyridine rings is 1. The first-order chi connectivity index (χ1) is 12.7. The number of rotatable bonds is 1. The zero-order chi connectivity index (χ0) is 19.1. The highest BCUT2D eigenvalue weighted by Crippen LogP contribution is 2.49. The molecule has 2 aromatic heterocycles. The van der Waals surface area contributed by atoms with Gasteiger partial charge in [0.1, 0.15) is 11.2 Å². The van der Waals surface area contributed by atoms with E-state index in [4.69, 9.17) is 9.40 Å². The minimum Gasteiger partial charge on any atom is -0.456 e. The van der Waals surface area contributed by atoms with Crippen LogP contribution in [-0.2, 0) is 5.41 Å². The lowest BCUT2D eigenvalue weighted by molar-refractivity contribution is 0.643. The maximum absolute atomic E-state index is 6.60. The Labute approximate surface area is 161 Å². The average molecular weight is 372 g/mol. The monoisotopic (exact) mass is 371 g/mol. The third-order valence-corrected chi connectivity index (χ3v) is 8.17. The predicted octanol–water partition coefficient (Wildman–Crippen LogP) is 6.14. The normalized spacial score (nSPS) is 15.3. The van der Waals surface area contributed by atoms with Gasteiger partial charge in [0, 0.05) is 28.1 Å². The van der Waals surface area contributed by atoms with Crippen LogP contribution in [0.5, 0.6) is 0 Å². The largest absolute Gasteiger partial charge is 0.456 e. The van der Waals surface area contributed by atoms with Gasteiger partial charge in [0.2, 0.25) is 0 Å². The molecule has 0 radical (unpaired) electrons. The second kappa shape index (κ2) is 5.11. The second-order valence-corrected chi connectivity index (χ2v) is 14.4. The Morgan fingerprint density at radius 3 is 2.37 bits per heavy atom.